The molecule has 0 bridgehead atoms. The van der Waals surface area contributed by atoms with Crippen LogP contribution in [0, 0.1) is 0 Å². The van der Waals surface area contributed by atoms with Crippen molar-refractivity contribution in [3.05, 3.63) is 83.4 Å². The number of hydrogen-bond donors (Lipinski definition) is 2. The molecule has 4 N–H and O–H groups in total. The van der Waals surface area contributed by atoms with Gasteiger partial charge in [-0.05, 0) is 54.6 Å². The minimum Gasteiger partial charge on any atom is -0.423 e. The van der Waals surface area contributed by atoms with E-state index in [9.17, 15) is 22.8 Å². The molecule has 0 aliphatic heterocycles. The molecule has 0 aliphatic rings. The average Bonchev–Trinajstić information content (AvgIpc) is 2.68. The molecule has 3 aromatic rings. The molecular weight excluding hydrogens is 401 g/mol. The van der Waals surface area contributed by atoms with Crippen molar-refractivity contribution in [3.63, 3.8) is 0 Å². The molecule has 3 aromatic carbocycles. The van der Waals surface area contributed by atoms with Crippen molar-refractivity contribution in [3.8, 4) is 11.5 Å². The van der Waals surface area contributed by atoms with Gasteiger partial charge in [-0.1, -0.05) is 12.1 Å². The first-order valence-electron chi connectivity index (χ1n) is 8.50. The Kier molecular flexibility index (Phi) is 5.63. The molecule has 0 amide bonds. The zero-order valence-electron chi connectivity index (χ0n) is 15.3. The maximum atomic E-state index is 13.5. The van der Waals surface area contributed by atoms with Crippen LogP contribution in [0.1, 0.15) is 26.3 Å². The summed E-state index contributed by atoms with van der Waals surface area (Å²) in [6.07, 6.45) is -4.87. The Balaban J connectivity index is 1.87. The van der Waals surface area contributed by atoms with Gasteiger partial charge in [-0.25, -0.2) is 9.59 Å². The number of carbonyl (C=O) groups is 2. The SMILES string of the molecule is Nc1cccc(C(=O)Oc2ccc(OC(=O)c3cccc(N)c3)c(C(F)(F)F)c2)c1. The summed E-state index contributed by atoms with van der Waals surface area (Å²) in [5.41, 5.74) is 10.5. The number of nitrogens with two attached hydrogens (primary N) is 2. The van der Waals surface area contributed by atoms with Crippen molar-refractivity contribution in [1.82, 2.24) is 0 Å². The van der Waals surface area contributed by atoms with Crippen LogP contribution in [0.5, 0.6) is 11.5 Å². The third-order valence-electron chi connectivity index (χ3n) is 3.91. The first-order valence-corrected chi connectivity index (χ1v) is 8.50. The van der Waals surface area contributed by atoms with E-state index >= 15 is 0 Å². The second-order valence-electron chi connectivity index (χ2n) is 6.19. The van der Waals surface area contributed by atoms with Crippen LogP contribution in [-0.2, 0) is 6.18 Å². The average molecular weight is 416 g/mol. The molecule has 154 valence electrons. The minimum atomic E-state index is -4.87. The van der Waals surface area contributed by atoms with Crippen LogP contribution in [-0.4, -0.2) is 11.9 Å². The van der Waals surface area contributed by atoms with Gasteiger partial charge in [-0.3, -0.25) is 0 Å². The number of halogens is 3. The Morgan fingerprint density at radius 1 is 0.733 bits per heavy atom. The normalized spacial score (nSPS) is 11.0. The summed E-state index contributed by atoms with van der Waals surface area (Å²) >= 11 is 0. The molecule has 0 spiro atoms. The van der Waals surface area contributed by atoms with E-state index in [0.29, 0.717) is 11.8 Å². The molecule has 0 fully saturated rings. The van der Waals surface area contributed by atoms with Crippen LogP contribution in [0.15, 0.2) is 66.7 Å². The summed E-state index contributed by atoms with van der Waals surface area (Å²) in [6, 6.07) is 14.0. The zero-order chi connectivity index (χ0) is 21.9. The molecule has 30 heavy (non-hydrogen) atoms. The predicted octanol–water partition coefficient (Wildman–Crippen LogP) is 4.31. The maximum Gasteiger partial charge on any atom is 0.420 e. The highest BCUT2D eigenvalue weighted by atomic mass is 19.4. The summed E-state index contributed by atoms with van der Waals surface area (Å²) < 4.78 is 50.4. The molecule has 0 atom stereocenters. The fourth-order valence-corrected chi connectivity index (χ4v) is 2.54. The Bertz CT molecular complexity index is 1110. The van der Waals surface area contributed by atoms with Gasteiger partial charge < -0.3 is 20.9 Å². The summed E-state index contributed by atoms with van der Waals surface area (Å²) in [5, 5.41) is 0. The monoisotopic (exact) mass is 416 g/mol. The number of alkyl halides is 3. The lowest BCUT2D eigenvalue weighted by Crippen LogP contribution is -2.15. The molecule has 0 radical (unpaired) electrons. The fourth-order valence-electron chi connectivity index (χ4n) is 2.54. The zero-order valence-corrected chi connectivity index (χ0v) is 15.3. The van der Waals surface area contributed by atoms with Gasteiger partial charge in [0.1, 0.15) is 17.1 Å². The Morgan fingerprint density at radius 3 is 1.77 bits per heavy atom. The number of hydrogen-bond acceptors (Lipinski definition) is 6. The summed E-state index contributed by atoms with van der Waals surface area (Å²) in [7, 11) is 0. The molecule has 0 heterocycles. The topological polar surface area (TPSA) is 105 Å². The number of anilines is 2. The second kappa shape index (κ2) is 8.16. The Hall–Kier alpha value is -4.01. The standard InChI is InChI=1S/C21H15F3N2O4/c22-21(23,24)17-11-16(29-19(27)12-3-1-5-14(25)9-12)7-8-18(17)30-20(28)13-4-2-6-15(26)10-13/h1-11H,25-26H2. The van der Waals surface area contributed by atoms with Crippen LogP contribution in [0.25, 0.3) is 0 Å². The molecule has 0 saturated carbocycles. The molecule has 0 aromatic heterocycles. The van der Waals surface area contributed by atoms with E-state index in [1.165, 1.54) is 42.5 Å². The molecule has 3 rings (SSSR count). The van der Waals surface area contributed by atoms with Crippen molar-refractivity contribution in [2.45, 2.75) is 6.18 Å². The summed E-state index contributed by atoms with van der Waals surface area (Å²) in [5.74, 6) is -3.02. The third kappa shape index (κ3) is 4.88. The van der Waals surface area contributed by atoms with Crippen molar-refractivity contribution in [2.24, 2.45) is 0 Å². The van der Waals surface area contributed by atoms with Crippen LogP contribution < -0.4 is 20.9 Å². The number of nitrogen functional groups attached to an aromatic ring is 2. The van der Waals surface area contributed by atoms with Crippen molar-refractivity contribution in [1.29, 1.82) is 0 Å². The lowest BCUT2D eigenvalue weighted by molar-refractivity contribution is -0.138. The highest BCUT2D eigenvalue weighted by Crippen LogP contribution is 2.39. The van der Waals surface area contributed by atoms with Gasteiger partial charge in [0.15, 0.2) is 0 Å². The van der Waals surface area contributed by atoms with Gasteiger partial charge in [0.25, 0.3) is 0 Å². The van der Waals surface area contributed by atoms with Crippen molar-refractivity contribution in [2.75, 3.05) is 11.5 Å². The van der Waals surface area contributed by atoms with Gasteiger partial charge in [-0.15, -0.1) is 0 Å². The Labute approximate surface area is 168 Å². The number of rotatable bonds is 4. The number of carbonyl (C=O) groups excluding carboxylic acids is 2. The molecular formula is C21H15F3N2O4. The fraction of sp³-hybridized carbons (Fsp3) is 0.0476. The molecule has 0 unspecified atom stereocenters. The van der Waals surface area contributed by atoms with Crippen LogP contribution in [0.3, 0.4) is 0 Å². The van der Waals surface area contributed by atoms with E-state index in [-0.39, 0.29) is 22.6 Å². The molecule has 0 saturated heterocycles. The number of esters is 2. The highest BCUT2D eigenvalue weighted by Gasteiger charge is 2.36. The van der Waals surface area contributed by atoms with Gasteiger partial charge in [-0.2, -0.15) is 13.2 Å². The van der Waals surface area contributed by atoms with E-state index in [1.54, 1.807) is 6.07 Å². The van der Waals surface area contributed by atoms with Gasteiger partial charge in [0.2, 0.25) is 0 Å². The predicted molar refractivity (Wildman–Crippen MR) is 103 cm³/mol. The quantitative estimate of drug-likeness (QED) is 0.373. The van der Waals surface area contributed by atoms with Crippen molar-refractivity contribution >= 4 is 23.3 Å². The van der Waals surface area contributed by atoms with Gasteiger partial charge >= 0.3 is 18.1 Å². The summed E-state index contributed by atoms with van der Waals surface area (Å²) in [4.78, 5) is 24.3. The van der Waals surface area contributed by atoms with E-state index in [2.05, 4.69) is 0 Å². The highest BCUT2D eigenvalue weighted by molar-refractivity contribution is 5.93. The Morgan fingerprint density at radius 2 is 1.27 bits per heavy atom. The largest absolute Gasteiger partial charge is 0.423 e. The first-order chi connectivity index (χ1) is 14.1. The van der Waals surface area contributed by atoms with Crippen molar-refractivity contribution < 1.29 is 32.2 Å². The molecule has 9 heteroatoms. The van der Waals surface area contributed by atoms with E-state index in [1.807, 2.05) is 0 Å². The van der Waals surface area contributed by atoms with Crippen LogP contribution in [0.4, 0.5) is 24.5 Å². The van der Waals surface area contributed by atoms with E-state index in [4.69, 9.17) is 20.9 Å². The lowest BCUT2D eigenvalue weighted by atomic mass is 10.1. The van der Waals surface area contributed by atoms with Crippen LogP contribution in [0.2, 0.25) is 0 Å². The smallest absolute Gasteiger partial charge is 0.420 e. The summed E-state index contributed by atoms with van der Waals surface area (Å²) in [6.45, 7) is 0. The van der Waals surface area contributed by atoms with E-state index < -0.39 is 29.4 Å². The third-order valence-corrected chi connectivity index (χ3v) is 3.91. The van der Waals surface area contributed by atoms with Crippen LogP contribution >= 0.6 is 0 Å². The first kappa shape index (κ1) is 20.7. The lowest BCUT2D eigenvalue weighted by Gasteiger charge is -2.14. The number of ether oxygens (including phenoxy) is 2. The molecule has 0 aliphatic carbocycles. The van der Waals surface area contributed by atoms with Gasteiger partial charge in [0.05, 0.1) is 11.1 Å². The second-order valence-corrected chi connectivity index (χ2v) is 6.19. The van der Waals surface area contributed by atoms with E-state index in [0.717, 1.165) is 12.1 Å². The molecule has 6 nitrogen and oxygen atoms in total. The maximum absolute atomic E-state index is 13.5. The van der Waals surface area contributed by atoms with Gasteiger partial charge in [0, 0.05) is 11.4 Å². The minimum absolute atomic E-state index is 0.0136. The number of benzene rings is 3.